The Balaban J connectivity index is 2.15. The van der Waals surface area contributed by atoms with Crippen LogP contribution in [-0.2, 0) is 11.8 Å². The lowest BCUT2D eigenvalue weighted by Crippen LogP contribution is -2.35. The molecule has 84 valence electrons. The van der Waals surface area contributed by atoms with E-state index in [4.69, 9.17) is 0 Å². The van der Waals surface area contributed by atoms with Crippen LogP contribution in [0.25, 0.3) is 0 Å². The van der Waals surface area contributed by atoms with Gasteiger partial charge >= 0.3 is 0 Å². The van der Waals surface area contributed by atoms with Gasteiger partial charge in [0.05, 0.1) is 0 Å². The van der Waals surface area contributed by atoms with Gasteiger partial charge in [-0.2, -0.15) is 0 Å². The van der Waals surface area contributed by atoms with Crippen LogP contribution in [0.15, 0.2) is 29.9 Å². The van der Waals surface area contributed by atoms with Gasteiger partial charge in [-0.15, -0.1) is 0 Å². The van der Waals surface area contributed by atoms with E-state index in [9.17, 15) is 0 Å². The summed E-state index contributed by atoms with van der Waals surface area (Å²) in [4.78, 5) is 3.57. The summed E-state index contributed by atoms with van der Waals surface area (Å²) in [5.41, 5.74) is 5.87. The van der Waals surface area contributed by atoms with Gasteiger partial charge in [0.1, 0.15) is 0 Å². The standard InChI is InChI=1S/C15H19N/c1-10-6-7-15(3)13(8-10)5-4-12-9-11(2)16-14(12)15/h6-9,13,16H,4-5H2,1-3H3. The molecule has 16 heavy (non-hydrogen) atoms. The number of aromatic amines is 1. The fraction of sp³-hybridized carbons (Fsp3) is 0.467. The molecule has 0 bridgehead atoms. The Morgan fingerprint density at radius 3 is 3.00 bits per heavy atom. The van der Waals surface area contributed by atoms with Gasteiger partial charge in [0.25, 0.3) is 0 Å². The van der Waals surface area contributed by atoms with E-state index < -0.39 is 0 Å². The van der Waals surface area contributed by atoms with Gasteiger partial charge in [-0.3, -0.25) is 0 Å². The largest absolute Gasteiger partial charge is 0.362 e. The van der Waals surface area contributed by atoms with Crippen molar-refractivity contribution in [1.29, 1.82) is 0 Å². The van der Waals surface area contributed by atoms with Crippen LogP contribution in [0.3, 0.4) is 0 Å². The number of H-pyrrole nitrogens is 1. The Kier molecular flexibility index (Phi) is 1.95. The summed E-state index contributed by atoms with van der Waals surface area (Å²) in [7, 11) is 0. The molecule has 2 aliphatic rings. The molecule has 0 saturated heterocycles. The summed E-state index contributed by atoms with van der Waals surface area (Å²) < 4.78 is 0. The van der Waals surface area contributed by atoms with Crippen molar-refractivity contribution in [3.8, 4) is 0 Å². The Labute approximate surface area is 97.3 Å². The quantitative estimate of drug-likeness (QED) is 0.677. The number of allylic oxidation sites excluding steroid dienone is 4. The van der Waals surface area contributed by atoms with Crippen molar-refractivity contribution < 1.29 is 0 Å². The molecule has 0 amide bonds. The number of hydrogen-bond donors (Lipinski definition) is 1. The van der Waals surface area contributed by atoms with Gasteiger partial charge in [0.2, 0.25) is 0 Å². The topological polar surface area (TPSA) is 15.8 Å². The van der Waals surface area contributed by atoms with Crippen LogP contribution in [0.4, 0.5) is 0 Å². The molecular formula is C15H19N. The second-order valence-corrected chi connectivity index (χ2v) is 5.52. The first kappa shape index (κ1) is 9.95. The molecule has 1 aromatic rings. The van der Waals surface area contributed by atoms with Crippen molar-refractivity contribution >= 4 is 0 Å². The van der Waals surface area contributed by atoms with Gasteiger partial charge in [0.15, 0.2) is 0 Å². The van der Waals surface area contributed by atoms with Crippen LogP contribution in [-0.4, -0.2) is 4.98 Å². The zero-order chi connectivity index (χ0) is 11.3. The average Bonchev–Trinajstić information content (AvgIpc) is 2.62. The second-order valence-electron chi connectivity index (χ2n) is 5.52. The number of hydrogen-bond acceptors (Lipinski definition) is 0. The van der Waals surface area contributed by atoms with Crippen molar-refractivity contribution in [3.63, 3.8) is 0 Å². The first-order valence-electron chi connectivity index (χ1n) is 6.16. The minimum absolute atomic E-state index is 0.196. The molecule has 2 unspecified atom stereocenters. The Bertz CT molecular complexity index is 490. The van der Waals surface area contributed by atoms with Gasteiger partial charge in [0, 0.05) is 16.8 Å². The third-order valence-electron chi connectivity index (χ3n) is 4.22. The highest BCUT2D eigenvalue weighted by Crippen LogP contribution is 2.45. The maximum absolute atomic E-state index is 3.57. The Hall–Kier alpha value is -1.24. The molecule has 0 radical (unpaired) electrons. The highest BCUT2D eigenvalue weighted by molar-refractivity contribution is 5.44. The molecule has 2 aliphatic carbocycles. The highest BCUT2D eigenvalue weighted by Gasteiger charge is 2.39. The van der Waals surface area contributed by atoms with Crippen LogP contribution >= 0.6 is 0 Å². The summed E-state index contributed by atoms with van der Waals surface area (Å²) in [5, 5.41) is 0. The summed E-state index contributed by atoms with van der Waals surface area (Å²) in [6, 6.07) is 2.32. The predicted molar refractivity (Wildman–Crippen MR) is 67.6 cm³/mol. The van der Waals surface area contributed by atoms with Crippen molar-refractivity contribution in [2.24, 2.45) is 5.92 Å². The molecule has 1 aromatic heterocycles. The molecule has 3 rings (SSSR count). The Morgan fingerprint density at radius 2 is 2.19 bits per heavy atom. The maximum atomic E-state index is 3.57. The molecule has 0 saturated carbocycles. The van der Waals surface area contributed by atoms with Crippen LogP contribution in [0, 0.1) is 12.8 Å². The first-order valence-corrected chi connectivity index (χ1v) is 6.16. The fourth-order valence-electron chi connectivity index (χ4n) is 3.26. The lowest BCUT2D eigenvalue weighted by molar-refractivity contribution is 0.364. The van der Waals surface area contributed by atoms with Crippen LogP contribution in [0.1, 0.15) is 37.2 Å². The van der Waals surface area contributed by atoms with Gasteiger partial charge in [-0.1, -0.05) is 23.8 Å². The molecule has 1 heteroatoms. The molecule has 0 spiro atoms. The van der Waals surface area contributed by atoms with Crippen molar-refractivity contribution in [3.05, 3.63) is 46.8 Å². The van der Waals surface area contributed by atoms with Crippen LogP contribution in [0.2, 0.25) is 0 Å². The van der Waals surface area contributed by atoms with Crippen molar-refractivity contribution in [1.82, 2.24) is 4.98 Å². The lowest BCUT2D eigenvalue weighted by atomic mass is 9.65. The number of rotatable bonds is 0. The van der Waals surface area contributed by atoms with Gasteiger partial charge in [-0.05, 0) is 51.2 Å². The molecule has 0 aromatic carbocycles. The summed E-state index contributed by atoms with van der Waals surface area (Å²) in [6.45, 7) is 6.72. The molecule has 2 atom stereocenters. The lowest BCUT2D eigenvalue weighted by Gasteiger charge is -2.40. The SMILES string of the molecule is CC1=CC2CCc3cc(C)[nH]c3C2(C)C=C1. The van der Waals surface area contributed by atoms with E-state index in [2.05, 4.69) is 50.0 Å². The van der Waals surface area contributed by atoms with Crippen LogP contribution < -0.4 is 0 Å². The minimum Gasteiger partial charge on any atom is -0.362 e. The molecule has 1 nitrogen and oxygen atoms in total. The molecule has 0 aliphatic heterocycles. The summed E-state index contributed by atoms with van der Waals surface area (Å²) in [6.07, 6.45) is 9.60. The second kappa shape index (κ2) is 3.13. The summed E-state index contributed by atoms with van der Waals surface area (Å²) >= 11 is 0. The van der Waals surface area contributed by atoms with Crippen LogP contribution in [0.5, 0.6) is 0 Å². The molecule has 1 heterocycles. The van der Waals surface area contributed by atoms with E-state index in [0.29, 0.717) is 5.92 Å². The summed E-state index contributed by atoms with van der Waals surface area (Å²) in [5.74, 6) is 0.669. The van der Waals surface area contributed by atoms with E-state index in [1.165, 1.54) is 35.4 Å². The average molecular weight is 213 g/mol. The van der Waals surface area contributed by atoms with E-state index in [1.807, 2.05) is 0 Å². The van der Waals surface area contributed by atoms with E-state index >= 15 is 0 Å². The van der Waals surface area contributed by atoms with E-state index in [1.54, 1.807) is 0 Å². The third kappa shape index (κ3) is 1.24. The number of aryl methyl sites for hydroxylation is 2. The minimum atomic E-state index is 0.196. The molecule has 0 fully saturated rings. The molecular weight excluding hydrogens is 194 g/mol. The smallest absolute Gasteiger partial charge is 0.0323 e. The van der Waals surface area contributed by atoms with E-state index in [-0.39, 0.29) is 5.41 Å². The third-order valence-corrected chi connectivity index (χ3v) is 4.22. The zero-order valence-corrected chi connectivity index (χ0v) is 10.3. The van der Waals surface area contributed by atoms with Crippen molar-refractivity contribution in [2.75, 3.05) is 0 Å². The first-order chi connectivity index (χ1) is 7.59. The van der Waals surface area contributed by atoms with Gasteiger partial charge < -0.3 is 4.98 Å². The predicted octanol–water partition coefficient (Wildman–Crippen LogP) is 3.66. The van der Waals surface area contributed by atoms with E-state index in [0.717, 1.165) is 0 Å². The maximum Gasteiger partial charge on any atom is 0.0323 e. The number of fused-ring (bicyclic) bond motifs is 3. The van der Waals surface area contributed by atoms with Gasteiger partial charge in [-0.25, -0.2) is 0 Å². The molecule has 1 N–H and O–H groups in total. The zero-order valence-electron chi connectivity index (χ0n) is 10.3. The fourth-order valence-corrected chi connectivity index (χ4v) is 3.26. The van der Waals surface area contributed by atoms with Crippen molar-refractivity contribution in [2.45, 2.75) is 39.0 Å². The normalized spacial score (nSPS) is 31.9. The highest BCUT2D eigenvalue weighted by atomic mass is 14.8. The number of nitrogens with one attached hydrogen (secondary N) is 1. The Morgan fingerprint density at radius 1 is 1.38 bits per heavy atom. The monoisotopic (exact) mass is 213 g/mol. The number of aromatic nitrogens is 1.